The van der Waals surface area contributed by atoms with Gasteiger partial charge in [0.1, 0.15) is 0 Å². The summed E-state index contributed by atoms with van der Waals surface area (Å²) in [4.78, 5) is 16.1. The lowest BCUT2D eigenvalue weighted by atomic mass is 10.1. The maximum absolute atomic E-state index is 11.5. The van der Waals surface area contributed by atoms with Crippen LogP contribution in [0.5, 0.6) is 0 Å². The summed E-state index contributed by atoms with van der Waals surface area (Å²) >= 11 is 0. The van der Waals surface area contributed by atoms with Gasteiger partial charge < -0.3 is 15.1 Å². The van der Waals surface area contributed by atoms with E-state index in [4.69, 9.17) is 0 Å². The number of nitrogens with one attached hydrogen (secondary N) is 1. The van der Waals surface area contributed by atoms with E-state index >= 15 is 0 Å². The molecule has 0 aromatic rings. The molecular formula is C12H23N3O. The molecule has 0 radical (unpaired) electrons. The number of likely N-dealkylation sites (tertiary alicyclic amines) is 1. The summed E-state index contributed by atoms with van der Waals surface area (Å²) in [6.07, 6.45) is 5.23. The molecule has 2 heterocycles. The van der Waals surface area contributed by atoms with E-state index in [1.807, 2.05) is 4.90 Å². The summed E-state index contributed by atoms with van der Waals surface area (Å²) in [6, 6.07) is 0. The molecular weight excluding hydrogens is 202 g/mol. The summed E-state index contributed by atoms with van der Waals surface area (Å²) < 4.78 is 0. The number of carbonyl (C=O) groups is 1. The van der Waals surface area contributed by atoms with Crippen molar-refractivity contribution in [3.8, 4) is 0 Å². The molecule has 4 heteroatoms. The van der Waals surface area contributed by atoms with Crippen molar-refractivity contribution in [1.82, 2.24) is 15.1 Å². The minimum Gasteiger partial charge on any atom is -0.340 e. The zero-order chi connectivity index (χ0) is 11.2. The highest BCUT2D eigenvalue weighted by atomic mass is 16.2. The number of rotatable bonds is 4. The van der Waals surface area contributed by atoms with Gasteiger partial charge in [-0.3, -0.25) is 4.79 Å². The van der Waals surface area contributed by atoms with Crippen LogP contribution in [0.1, 0.15) is 25.7 Å². The van der Waals surface area contributed by atoms with Crippen LogP contribution in [0.3, 0.4) is 0 Å². The van der Waals surface area contributed by atoms with Crippen molar-refractivity contribution in [2.45, 2.75) is 25.7 Å². The Morgan fingerprint density at radius 1 is 1.06 bits per heavy atom. The molecule has 2 aliphatic heterocycles. The Kier molecular flexibility index (Phi) is 4.60. The first-order chi connectivity index (χ1) is 7.86. The van der Waals surface area contributed by atoms with Crippen molar-refractivity contribution < 1.29 is 4.79 Å². The van der Waals surface area contributed by atoms with E-state index < -0.39 is 0 Å². The van der Waals surface area contributed by atoms with Gasteiger partial charge in [-0.2, -0.15) is 0 Å². The third-order valence-corrected chi connectivity index (χ3v) is 3.54. The minimum absolute atomic E-state index is 0.268. The van der Waals surface area contributed by atoms with Gasteiger partial charge in [0.2, 0.25) is 5.91 Å². The third-order valence-electron chi connectivity index (χ3n) is 3.54. The zero-order valence-electron chi connectivity index (χ0n) is 10.1. The van der Waals surface area contributed by atoms with Crippen molar-refractivity contribution in [2.24, 2.45) is 0 Å². The second-order valence-electron chi connectivity index (χ2n) is 4.81. The van der Waals surface area contributed by atoms with Crippen molar-refractivity contribution >= 4 is 5.91 Å². The van der Waals surface area contributed by atoms with Gasteiger partial charge in [-0.25, -0.2) is 0 Å². The molecule has 0 aromatic carbocycles. The summed E-state index contributed by atoms with van der Waals surface area (Å²) in [5.74, 6) is 0.268. The van der Waals surface area contributed by atoms with E-state index in [1.165, 1.54) is 32.4 Å². The first kappa shape index (κ1) is 11.9. The second kappa shape index (κ2) is 6.21. The highest BCUT2D eigenvalue weighted by molar-refractivity contribution is 5.78. The third kappa shape index (κ3) is 3.46. The van der Waals surface area contributed by atoms with Crippen LogP contribution in [0.25, 0.3) is 0 Å². The largest absolute Gasteiger partial charge is 0.340 e. The second-order valence-corrected chi connectivity index (χ2v) is 4.81. The number of hydrogen-bond acceptors (Lipinski definition) is 3. The van der Waals surface area contributed by atoms with Crippen LogP contribution in [0, 0.1) is 0 Å². The van der Waals surface area contributed by atoms with E-state index in [1.54, 1.807) is 0 Å². The minimum atomic E-state index is 0.268. The SMILES string of the molecule is O=C1CNCCN1CCCN1CCCCC1. The molecule has 0 aliphatic carbocycles. The van der Waals surface area contributed by atoms with Crippen molar-refractivity contribution in [3.05, 3.63) is 0 Å². The zero-order valence-corrected chi connectivity index (χ0v) is 10.1. The van der Waals surface area contributed by atoms with Gasteiger partial charge in [0.15, 0.2) is 0 Å². The lowest BCUT2D eigenvalue weighted by Crippen LogP contribution is -2.48. The fourth-order valence-corrected chi connectivity index (χ4v) is 2.55. The number of piperidine rings is 1. The van der Waals surface area contributed by atoms with Gasteiger partial charge in [-0.05, 0) is 38.9 Å². The number of nitrogens with zero attached hydrogens (tertiary/aromatic N) is 2. The molecule has 0 atom stereocenters. The Hall–Kier alpha value is -0.610. The average Bonchev–Trinajstić information content (AvgIpc) is 2.33. The van der Waals surface area contributed by atoms with Crippen LogP contribution in [-0.2, 0) is 4.79 Å². The van der Waals surface area contributed by atoms with E-state index in [-0.39, 0.29) is 5.91 Å². The topological polar surface area (TPSA) is 35.6 Å². The predicted molar refractivity (Wildman–Crippen MR) is 64.4 cm³/mol. The van der Waals surface area contributed by atoms with Gasteiger partial charge in [-0.15, -0.1) is 0 Å². The van der Waals surface area contributed by atoms with Gasteiger partial charge in [0.05, 0.1) is 6.54 Å². The number of piperazine rings is 1. The van der Waals surface area contributed by atoms with Gasteiger partial charge in [0, 0.05) is 19.6 Å². The molecule has 92 valence electrons. The molecule has 2 fully saturated rings. The van der Waals surface area contributed by atoms with Crippen LogP contribution in [0.4, 0.5) is 0 Å². The summed E-state index contributed by atoms with van der Waals surface area (Å²) in [7, 11) is 0. The van der Waals surface area contributed by atoms with Gasteiger partial charge >= 0.3 is 0 Å². The highest BCUT2D eigenvalue weighted by Crippen LogP contribution is 2.09. The smallest absolute Gasteiger partial charge is 0.236 e. The Morgan fingerprint density at radius 3 is 2.62 bits per heavy atom. The van der Waals surface area contributed by atoms with Crippen LogP contribution < -0.4 is 5.32 Å². The standard InChI is InChI=1S/C12H23N3O/c16-12-11-13-5-10-15(12)9-4-8-14-6-2-1-3-7-14/h13H,1-11H2. The Labute approximate surface area is 98.0 Å². The fraction of sp³-hybridized carbons (Fsp3) is 0.917. The maximum Gasteiger partial charge on any atom is 0.236 e. The first-order valence-electron chi connectivity index (χ1n) is 6.57. The van der Waals surface area contributed by atoms with Crippen LogP contribution in [-0.4, -0.2) is 61.5 Å². The maximum atomic E-state index is 11.5. The molecule has 4 nitrogen and oxygen atoms in total. The molecule has 0 spiro atoms. The highest BCUT2D eigenvalue weighted by Gasteiger charge is 2.17. The molecule has 1 amide bonds. The van der Waals surface area contributed by atoms with E-state index in [9.17, 15) is 4.79 Å². The number of carbonyl (C=O) groups excluding carboxylic acids is 1. The molecule has 0 aromatic heterocycles. The van der Waals surface area contributed by atoms with Gasteiger partial charge in [-0.1, -0.05) is 6.42 Å². The van der Waals surface area contributed by atoms with E-state index in [2.05, 4.69) is 10.2 Å². The molecule has 2 aliphatic rings. The average molecular weight is 225 g/mol. The Bertz CT molecular complexity index is 226. The van der Waals surface area contributed by atoms with E-state index in [0.717, 1.165) is 32.6 Å². The van der Waals surface area contributed by atoms with Crippen molar-refractivity contribution in [1.29, 1.82) is 0 Å². The van der Waals surface area contributed by atoms with Crippen LogP contribution in [0.2, 0.25) is 0 Å². The summed E-state index contributed by atoms with van der Waals surface area (Å²) in [5, 5.41) is 3.10. The summed E-state index contributed by atoms with van der Waals surface area (Å²) in [5.41, 5.74) is 0. The van der Waals surface area contributed by atoms with Crippen molar-refractivity contribution in [2.75, 3.05) is 45.8 Å². The summed E-state index contributed by atoms with van der Waals surface area (Å²) in [6.45, 7) is 7.00. The molecule has 1 N–H and O–H groups in total. The first-order valence-corrected chi connectivity index (χ1v) is 6.57. The molecule has 0 bridgehead atoms. The Balaban J connectivity index is 1.61. The molecule has 0 saturated carbocycles. The number of hydrogen-bond donors (Lipinski definition) is 1. The fourth-order valence-electron chi connectivity index (χ4n) is 2.55. The Morgan fingerprint density at radius 2 is 1.88 bits per heavy atom. The predicted octanol–water partition coefficient (Wildman–Crippen LogP) is 0.294. The van der Waals surface area contributed by atoms with E-state index in [0.29, 0.717) is 6.54 Å². The molecule has 16 heavy (non-hydrogen) atoms. The van der Waals surface area contributed by atoms with Crippen LogP contribution in [0.15, 0.2) is 0 Å². The monoisotopic (exact) mass is 225 g/mol. The lowest BCUT2D eigenvalue weighted by molar-refractivity contribution is -0.132. The molecule has 0 unspecified atom stereocenters. The molecule has 2 saturated heterocycles. The number of amides is 1. The van der Waals surface area contributed by atoms with Crippen molar-refractivity contribution in [3.63, 3.8) is 0 Å². The molecule has 2 rings (SSSR count). The van der Waals surface area contributed by atoms with Gasteiger partial charge in [0.25, 0.3) is 0 Å². The van der Waals surface area contributed by atoms with Crippen LogP contribution >= 0.6 is 0 Å². The quantitative estimate of drug-likeness (QED) is 0.747. The normalized spacial score (nSPS) is 23.8. The lowest BCUT2D eigenvalue weighted by Gasteiger charge is -2.30.